The van der Waals surface area contributed by atoms with Crippen LogP contribution < -0.4 is 10.1 Å². The molecular weight excluding hydrogens is 226 g/mol. The van der Waals surface area contributed by atoms with E-state index in [0.717, 1.165) is 30.8 Å². The van der Waals surface area contributed by atoms with Gasteiger partial charge in [0.05, 0.1) is 5.60 Å². The Morgan fingerprint density at radius 1 is 1.33 bits per heavy atom. The van der Waals surface area contributed by atoms with Gasteiger partial charge in [0, 0.05) is 12.1 Å². The molecule has 0 spiro atoms. The molecule has 0 aliphatic carbocycles. The molecule has 0 fully saturated rings. The maximum Gasteiger partial charge on any atom is 0.123 e. The first-order chi connectivity index (χ1) is 8.42. The van der Waals surface area contributed by atoms with Crippen molar-refractivity contribution in [3.8, 4) is 5.75 Å². The van der Waals surface area contributed by atoms with Crippen molar-refractivity contribution < 1.29 is 9.84 Å². The van der Waals surface area contributed by atoms with Gasteiger partial charge in [-0.3, -0.25) is 0 Å². The second kappa shape index (κ2) is 6.76. The zero-order chi connectivity index (χ0) is 13.6. The van der Waals surface area contributed by atoms with Crippen molar-refractivity contribution in [1.29, 1.82) is 0 Å². The van der Waals surface area contributed by atoms with Crippen molar-refractivity contribution in [2.45, 2.75) is 46.3 Å². The first kappa shape index (κ1) is 15.0. The number of ether oxygens (including phenoxy) is 1. The molecule has 0 aliphatic rings. The summed E-state index contributed by atoms with van der Waals surface area (Å²) >= 11 is 0. The van der Waals surface area contributed by atoms with Crippen molar-refractivity contribution in [2.75, 3.05) is 13.2 Å². The molecular formula is C15H25NO2. The third-order valence-electron chi connectivity index (χ3n) is 2.54. The van der Waals surface area contributed by atoms with Gasteiger partial charge in [0.15, 0.2) is 0 Å². The highest BCUT2D eigenvalue weighted by atomic mass is 16.5. The average molecular weight is 251 g/mol. The van der Waals surface area contributed by atoms with Crippen molar-refractivity contribution in [3.63, 3.8) is 0 Å². The molecule has 0 heterocycles. The van der Waals surface area contributed by atoms with E-state index in [2.05, 4.69) is 25.2 Å². The first-order valence-corrected chi connectivity index (χ1v) is 6.58. The van der Waals surface area contributed by atoms with Gasteiger partial charge in [0.2, 0.25) is 0 Å². The minimum atomic E-state index is -0.807. The monoisotopic (exact) mass is 251 g/mol. The molecule has 0 unspecified atom stereocenters. The van der Waals surface area contributed by atoms with Gasteiger partial charge >= 0.3 is 0 Å². The topological polar surface area (TPSA) is 41.5 Å². The van der Waals surface area contributed by atoms with E-state index in [4.69, 9.17) is 4.74 Å². The molecule has 0 atom stereocenters. The molecule has 0 aromatic heterocycles. The van der Waals surface area contributed by atoms with Crippen molar-refractivity contribution in [3.05, 3.63) is 29.3 Å². The van der Waals surface area contributed by atoms with Gasteiger partial charge in [-0.05, 0) is 39.8 Å². The van der Waals surface area contributed by atoms with E-state index in [9.17, 15) is 5.11 Å². The van der Waals surface area contributed by atoms with Crippen LogP contribution in [-0.2, 0) is 6.54 Å². The number of aliphatic hydroxyl groups is 1. The number of hydrogen-bond acceptors (Lipinski definition) is 3. The Balaban J connectivity index is 2.70. The van der Waals surface area contributed by atoms with Gasteiger partial charge in [-0.1, -0.05) is 24.6 Å². The summed E-state index contributed by atoms with van der Waals surface area (Å²) in [6.45, 7) is 9.82. The predicted octanol–water partition coefficient (Wildman–Crippen LogP) is 2.64. The lowest BCUT2D eigenvalue weighted by atomic mass is 10.1. The lowest BCUT2D eigenvalue weighted by molar-refractivity contribution is 0.0281. The highest BCUT2D eigenvalue weighted by Gasteiger charge is 2.14. The van der Waals surface area contributed by atoms with Crippen LogP contribution in [-0.4, -0.2) is 23.9 Å². The zero-order valence-electron chi connectivity index (χ0n) is 11.9. The Labute approximate surface area is 110 Å². The van der Waals surface area contributed by atoms with Crippen LogP contribution in [0.3, 0.4) is 0 Å². The van der Waals surface area contributed by atoms with Gasteiger partial charge in [-0.25, -0.2) is 0 Å². The van der Waals surface area contributed by atoms with E-state index in [0.29, 0.717) is 6.61 Å². The quantitative estimate of drug-likeness (QED) is 0.732. The van der Waals surface area contributed by atoms with E-state index in [-0.39, 0.29) is 0 Å². The Bertz CT molecular complexity index is 369. The molecule has 1 rings (SSSR count). The summed E-state index contributed by atoms with van der Waals surface area (Å²) in [5.74, 6) is 0.853. The molecule has 2 N–H and O–H groups in total. The van der Waals surface area contributed by atoms with Crippen LogP contribution in [0.2, 0.25) is 0 Å². The molecule has 0 saturated heterocycles. The van der Waals surface area contributed by atoms with E-state index in [1.165, 1.54) is 5.56 Å². The second-order valence-electron chi connectivity index (χ2n) is 5.39. The molecule has 3 heteroatoms. The smallest absolute Gasteiger partial charge is 0.123 e. The molecule has 1 aromatic rings. The van der Waals surface area contributed by atoms with Gasteiger partial charge in [-0.15, -0.1) is 0 Å². The average Bonchev–Trinajstić information content (AvgIpc) is 2.27. The van der Waals surface area contributed by atoms with Crippen LogP contribution in [0.25, 0.3) is 0 Å². The summed E-state index contributed by atoms with van der Waals surface area (Å²) < 4.78 is 5.70. The van der Waals surface area contributed by atoms with Crippen molar-refractivity contribution in [1.82, 2.24) is 5.32 Å². The highest BCUT2D eigenvalue weighted by Crippen LogP contribution is 2.21. The summed E-state index contributed by atoms with van der Waals surface area (Å²) in [6.07, 6.45) is 1.12. The minimum Gasteiger partial charge on any atom is -0.490 e. The molecule has 0 amide bonds. The molecule has 102 valence electrons. The summed E-state index contributed by atoms with van der Waals surface area (Å²) in [4.78, 5) is 0. The van der Waals surface area contributed by atoms with Gasteiger partial charge < -0.3 is 15.2 Å². The lowest BCUT2D eigenvalue weighted by Gasteiger charge is -2.20. The maximum atomic E-state index is 9.70. The second-order valence-corrected chi connectivity index (χ2v) is 5.39. The molecule has 18 heavy (non-hydrogen) atoms. The standard InChI is InChI=1S/C15H25NO2/c1-5-8-16-10-13-9-12(2)6-7-14(13)18-11-15(3,4)17/h6-7,9,16-17H,5,8,10-11H2,1-4H3. The fourth-order valence-corrected chi connectivity index (χ4v) is 1.64. The van der Waals surface area contributed by atoms with Gasteiger partial charge in [0.1, 0.15) is 12.4 Å². The van der Waals surface area contributed by atoms with E-state index >= 15 is 0 Å². The predicted molar refractivity (Wildman–Crippen MR) is 75.0 cm³/mol. The molecule has 0 aliphatic heterocycles. The van der Waals surface area contributed by atoms with Gasteiger partial charge in [-0.2, -0.15) is 0 Å². The summed E-state index contributed by atoms with van der Waals surface area (Å²) in [7, 11) is 0. The Morgan fingerprint density at radius 3 is 2.67 bits per heavy atom. The van der Waals surface area contributed by atoms with E-state index in [1.807, 2.05) is 12.1 Å². The highest BCUT2D eigenvalue weighted by molar-refractivity contribution is 5.36. The van der Waals surface area contributed by atoms with Crippen LogP contribution >= 0.6 is 0 Å². The number of hydrogen-bond donors (Lipinski definition) is 2. The summed E-state index contributed by atoms with van der Waals surface area (Å²) in [5, 5.41) is 13.1. The van der Waals surface area contributed by atoms with Crippen LogP contribution in [0.15, 0.2) is 18.2 Å². The number of rotatable bonds is 7. The number of benzene rings is 1. The van der Waals surface area contributed by atoms with Crippen molar-refractivity contribution in [2.24, 2.45) is 0 Å². The number of nitrogens with one attached hydrogen (secondary N) is 1. The first-order valence-electron chi connectivity index (χ1n) is 6.58. The molecule has 3 nitrogen and oxygen atoms in total. The largest absolute Gasteiger partial charge is 0.490 e. The molecule has 0 bridgehead atoms. The summed E-state index contributed by atoms with van der Waals surface area (Å²) in [6, 6.07) is 6.13. The lowest BCUT2D eigenvalue weighted by Crippen LogP contribution is -2.28. The van der Waals surface area contributed by atoms with E-state index in [1.54, 1.807) is 13.8 Å². The molecule has 0 saturated carbocycles. The zero-order valence-corrected chi connectivity index (χ0v) is 11.9. The molecule has 0 radical (unpaired) electrons. The van der Waals surface area contributed by atoms with E-state index < -0.39 is 5.60 Å². The molecule has 1 aromatic carbocycles. The van der Waals surface area contributed by atoms with Crippen LogP contribution in [0.1, 0.15) is 38.3 Å². The Morgan fingerprint density at radius 2 is 2.06 bits per heavy atom. The van der Waals surface area contributed by atoms with Crippen LogP contribution in [0.5, 0.6) is 5.75 Å². The van der Waals surface area contributed by atoms with Crippen molar-refractivity contribution >= 4 is 0 Å². The summed E-state index contributed by atoms with van der Waals surface area (Å²) in [5.41, 5.74) is 1.56. The maximum absolute atomic E-state index is 9.70. The Hall–Kier alpha value is -1.06. The van der Waals surface area contributed by atoms with Crippen LogP contribution in [0, 0.1) is 6.92 Å². The number of aryl methyl sites for hydroxylation is 1. The SMILES string of the molecule is CCCNCc1cc(C)ccc1OCC(C)(C)O. The fourth-order valence-electron chi connectivity index (χ4n) is 1.64. The minimum absolute atomic E-state index is 0.302. The fraction of sp³-hybridized carbons (Fsp3) is 0.600. The van der Waals surface area contributed by atoms with Gasteiger partial charge in [0.25, 0.3) is 0 Å². The Kier molecular flexibility index (Phi) is 5.63. The third-order valence-corrected chi connectivity index (χ3v) is 2.54. The normalized spacial score (nSPS) is 11.6. The third kappa shape index (κ3) is 5.52. The van der Waals surface area contributed by atoms with Crippen LogP contribution in [0.4, 0.5) is 0 Å².